The summed E-state index contributed by atoms with van der Waals surface area (Å²) in [5.74, 6) is -1.96. The first kappa shape index (κ1) is 23.9. The van der Waals surface area contributed by atoms with Crippen molar-refractivity contribution >= 4 is 11.9 Å². The molecule has 0 aliphatic rings. The summed E-state index contributed by atoms with van der Waals surface area (Å²) >= 11 is 0. The van der Waals surface area contributed by atoms with E-state index in [4.69, 9.17) is 9.47 Å². The van der Waals surface area contributed by atoms with Crippen LogP contribution in [0.5, 0.6) is 0 Å². The summed E-state index contributed by atoms with van der Waals surface area (Å²) in [7, 11) is 3.48. The van der Waals surface area contributed by atoms with Crippen LogP contribution in [0.2, 0.25) is 0 Å². The number of rotatable bonds is 15. The number of hydrogen-bond donors (Lipinski definition) is 0. The molecule has 0 rings (SSSR count). The minimum absolute atomic E-state index is 0.316. The van der Waals surface area contributed by atoms with Gasteiger partial charge in [-0.05, 0) is 26.9 Å². The molecule has 5 heteroatoms. The molecule has 0 unspecified atom stereocenters. The number of nitrogens with zero attached hydrogens (tertiary/aromatic N) is 1. The maximum atomic E-state index is 12.1. The van der Waals surface area contributed by atoms with Gasteiger partial charge in [-0.25, -0.2) is 4.90 Å². The predicted octanol–water partition coefficient (Wildman–Crippen LogP) is 5.03. The number of esters is 2. The highest BCUT2D eigenvalue weighted by molar-refractivity contribution is 5.71. The largest absolute Gasteiger partial charge is 0.409 e. The van der Waals surface area contributed by atoms with Crippen molar-refractivity contribution in [2.24, 2.45) is 0 Å². The zero-order valence-electron chi connectivity index (χ0n) is 17.1. The Kier molecular flexibility index (Phi) is 13.5. The molecule has 0 saturated heterocycles. The summed E-state index contributed by atoms with van der Waals surface area (Å²) in [5.41, 5.74) is 0. The normalized spacial score (nSPS) is 11.6. The summed E-state index contributed by atoms with van der Waals surface area (Å²) in [6.45, 7) is 5.95. The Morgan fingerprint density at radius 1 is 0.720 bits per heavy atom. The molecule has 5 nitrogen and oxygen atoms in total. The summed E-state index contributed by atoms with van der Waals surface area (Å²) in [6.07, 6.45) is 11.4. The Labute approximate surface area is 154 Å². The number of unbranched alkanes of at least 4 members (excludes halogenated alkanes) is 8. The minimum atomic E-state index is -1.33. The first-order valence-corrected chi connectivity index (χ1v) is 9.96. The second-order valence-electron chi connectivity index (χ2n) is 7.07. The molecule has 0 radical (unpaired) electrons. The zero-order valence-corrected chi connectivity index (χ0v) is 17.1. The number of carbonyl (C=O) groups is 2. The van der Waals surface area contributed by atoms with Gasteiger partial charge in [0.1, 0.15) is 0 Å². The standard InChI is InChI=1S/C20H39NO4/c1-6-8-10-12-14-16-18(22)24-20(3,21(4)5)25-19(23)17-15-13-11-9-7-2/h6-17H2,1-5H3. The van der Waals surface area contributed by atoms with Crippen LogP contribution in [-0.4, -0.2) is 36.8 Å². The molecule has 0 amide bonds. The third-order valence-corrected chi connectivity index (χ3v) is 4.39. The fourth-order valence-corrected chi connectivity index (χ4v) is 2.47. The van der Waals surface area contributed by atoms with Gasteiger partial charge in [0.2, 0.25) is 0 Å². The van der Waals surface area contributed by atoms with Crippen LogP contribution in [0.3, 0.4) is 0 Å². The van der Waals surface area contributed by atoms with Crippen molar-refractivity contribution in [3.05, 3.63) is 0 Å². The number of ether oxygens (including phenoxy) is 2. The third-order valence-electron chi connectivity index (χ3n) is 4.39. The first-order valence-electron chi connectivity index (χ1n) is 9.96. The zero-order chi connectivity index (χ0) is 19.1. The van der Waals surface area contributed by atoms with E-state index in [0.29, 0.717) is 12.8 Å². The molecule has 0 N–H and O–H groups in total. The lowest BCUT2D eigenvalue weighted by molar-refractivity contribution is -0.269. The van der Waals surface area contributed by atoms with Crippen LogP contribution >= 0.6 is 0 Å². The van der Waals surface area contributed by atoms with Gasteiger partial charge in [0.05, 0.1) is 0 Å². The monoisotopic (exact) mass is 357 g/mol. The Balaban J connectivity index is 4.24. The fourth-order valence-electron chi connectivity index (χ4n) is 2.47. The molecule has 0 atom stereocenters. The summed E-state index contributed by atoms with van der Waals surface area (Å²) in [4.78, 5) is 25.8. The number of hydrogen-bond acceptors (Lipinski definition) is 5. The van der Waals surface area contributed by atoms with Crippen LogP contribution in [-0.2, 0) is 19.1 Å². The van der Waals surface area contributed by atoms with E-state index >= 15 is 0 Å². The smallest absolute Gasteiger partial charge is 0.317 e. The van der Waals surface area contributed by atoms with Gasteiger partial charge in [-0.2, -0.15) is 0 Å². The van der Waals surface area contributed by atoms with Gasteiger partial charge in [0.15, 0.2) is 0 Å². The van der Waals surface area contributed by atoms with E-state index in [-0.39, 0.29) is 11.9 Å². The van der Waals surface area contributed by atoms with Crippen LogP contribution in [0.4, 0.5) is 0 Å². The van der Waals surface area contributed by atoms with E-state index in [1.807, 2.05) is 0 Å². The van der Waals surface area contributed by atoms with Crippen molar-refractivity contribution in [2.75, 3.05) is 14.1 Å². The van der Waals surface area contributed by atoms with Gasteiger partial charge < -0.3 is 9.47 Å². The lowest BCUT2D eigenvalue weighted by atomic mass is 10.1. The van der Waals surface area contributed by atoms with Crippen molar-refractivity contribution in [2.45, 2.75) is 104 Å². The summed E-state index contributed by atoms with van der Waals surface area (Å²) in [6, 6.07) is 0. The fraction of sp³-hybridized carbons (Fsp3) is 0.900. The molecule has 0 aromatic heterocycles. The summed E-state index contributed by atoms with van der Waals surface area (Å²) in [5, 5.41) is 0. The molecule has 0 heterocycles. The first-order chi connectivity index (χ1) is 11.9. The molecule has 148 valence electrons. The molecular weight excluding hydrogens is 318 g/mol. The number of carbonyl (C=O) groups excluding carboxylic acids is 2. The maximum absolute atomic E-state index is 12.1. The second-order valence-corrected chi connectivity index (χ2v) is 7.07. The molecule has 0 fully saturated rings. The molecule has 25 heavy (non-hydrogen) atoms. The molecule has 0 saturated carbocycles. The molecule has 0 aromatic carbocycles. The van der Waals surface area contributed by atoms with E-state index < -0.39 is 5.91 Å². The van der Waals surface area contributed by atoms with Gasteiger partial charge in [0, 0.05) is 19.8 Å². The van der Waals surface area contributed by atoms with Gasteiger partial charge in [-0.1, -0.05) is 65.2 Å². The quantitative estimate of drug-likeness (QED) is 0.234. The molecular formula is C20H39NO4. The molecule has 0 aromatic rings. The second kappa shape index (κ2) is 14.1. The SMILES string of the molecule is CCCCCCCC(=O)OC(C)(OC(=O)CCCCCCC)N(C)C. The predicted molar refractivity (Wildman–Crippen MR) is 101 cm³/mol. The Hall–Kier alpha value is -1.10. The maximum Gasteiger partial charge on any atom is 0.317 e. The van der Waals surface area contributed by atoms with Crippen molar-refractivity contribution in [3.8, 4) is 0 Å². The van der Waals surface area contributed by atoms with Gasteiger partial charge in [-0.3, -0.25) is 9.59 Å². The van der Waals surface area contributed by atoms with Crippen molar-refractivity contribution in [1.29, 1.82) is 0 Å². The highest BCUT2D eigenvalue weighted by Crippen LogP contribution is 2.19. The van der Waals surface area contributed by atoms with E-state index in [0.717, 1.165) is 38.5 Å². The van der Waals surface area contributed by atoms with Crippen LogP contribution in [0, 0.1) is 0 Å². The van der Waals surface area contributed by atoms with E-state index in [9.17, 15) is 9.59 Å². The van der Waals surface area contributed by atoms with Crippen molar-refractivity contribution < 1.29 is 19.1 Å². The van der Waals surface area contributed by atoms with Crippen LogP contribution in [0.1, 0.15) is 97.8 Å². The summed E-state index contributed by atoms with van der Waals surface area (Å²) < 4.78 is 10.9. The minimum Gasteiger partial charge on any atom is -0.409 e. The average molecular weight is 358 g/mol. The van der Waals surface area contributed by atoms with Crippen molar-refractivity contribution in [1.82, 2.24) is 4.90 Å². The van der Waals surface area contributed by atoms with Crippen LogP contribution in [0.25, 0.3) is 0 Å². The average Bonchev–Trinajstić information content (AvgIpc) is 2.54. The molecule has 0 bridgehead atoms. The molecule has 0 aliphatic heterocycles. The van der Waals surface area contributed by atoms with Gasteiger partial charge in [-0.15, -0.1) is 0 Å². The lowest BCUT2D eigenvalue weighted by Crippen LogP contribution is -2.49. The Bertz CT molecular complexity index is 341. The molecule has 0 spiro atoms. The lowest BCUT2D eigenvalue weighted by Gasteiger charge is -2.34. The highest BCUT2D eigenvalue weighted by atomic mass is 16.8. The van der Waals surface area contributed by atoms with Crippen LogP contribution in [0.15, 0.2) is 0 Å². The van der Waals surface area contributed by atoms with E-state index in [1.54, 1.807) is 25.9 Å². The Morgan fingerprint density at radius 2 is 1.08 bits per heavy atom. The van der Waals surface area contributed by atoms with Gasteiger partial charge >= 0.3 is 17.8 Å². The topological polar surface area (TPSA) is 55.8 Å². The highest BCUT2D eigenvalue weighted by Gasteiger charge is 2.35. The third kappa shape index (κ3) is 12.0. The molecule has 0 aliphatic carbocycles. The van der Waals surface area contributed by atoms with Gasteiger partial charge in [0.25, 0.3) is 0 Å². The Morgan fingerprint density at radius 3 is 1.40 bits per heavy atom. The van der Waals surface area contributed by atoms with E-state index in [1.165, 1.54) is 25.7 Å². The van der Waals surface area contributed by atoms with Crippen LogP contribution < -0.4 is 0 Å². The van der Waals surface area contributed by atoms with E-state index in [2.05, 4.69) is 13.8 Å². The van der Waals surface area contributed by atoms with Crippen molar-refractivity contribution in [3.63, 3.8) is 0 Å².